The minimum atomic E-state index is -4.11. The van der Waals surface area contributed by atoms with E-state index in [-0.39, 0.29) is 12.8 Å². The molecular formula is C12H23FN2O3S. The second-order valence-electron chi connectivity index (χ2n) is 4.33. The van der Waals surface area contributed by atoms with Crippen molar-refractivity contribution in [3.8, 4) is 0 Å². The molecule has 0 aliphatic rings. The van der Waals surface area contributed by atoms with Crippen molar-refractivity contribution in [2.75, 3.05) is 12.4 Å². The smallest absolute Gasteiger partial charge is 0.243 e. The number of aryl methyl sites for hydroxylation is 2. The van der Waals surface area contributed by atoms with Gasteiger partial charge in [0.2, 0.25) is 6.33 Å². The van der Waals surface area contributed by atoms with Gasteiger partial charge in [-0.2, -0.15) is 0 Å². The Kier molecular flexibility index (Phi) is 9.42. The molecule has 0 aliphatic heterocycles. The third kappa shape index (κ3) is 11.9. The van der Waals surface area contributed by atoms with Crippen LogP contribution in [0.4, 0.5) is 4.39 Å². The van der Waals surface area contributed by atoms with E-state index in [9.17, 15) is 17.4 Å². The number of rotatable bonds is 7. The van der Waals surface area contributed by atoms with E-state index in [1.165, 1.54) is 12.8 Å². The maximum Gasteiger partial charge on any atom is 0.243 e. The lowest BCUT2D eigenvalue weighted by Gasteiger charge is -2.03. The Morgan fingerprint density at radius 2 is 2.00 bits per heavy atom. The molecule has 0 amide bonds. The molecule has 112 valence electrons. The number of nitrogens with zero attached hydrogens (tertiary/aromatic N) is 2. The fourth-order valence-corrected chi connectivity index (χ4v) is 1.91. The zero-order chi connectivity index (χ0) is 14.7. The van der Waals surface area contributed by atoms with Crippen molar-refractivity contribution in [3.63, 3.8) is 0 Å². The van der Waals surface area contributed by atoms with Crippen LogP contribution in [0.15, 0.2) is 18.7 Å². The Balaban J connectivity index is 0.000000344. The third-order valence-corrected chi connectivity index (χ3v) is 3.16. The van der Waals surface area contributed by atoms with Crippen LogP contribution in [0, 0.1) is 0 Å². The van der Waals surface area contributed by atoms with E-state index in [4.69, 9.17) is 0 Å². The second-order valence-corrected chi connectivity index (χ2v) is 5.85. The predicted molar refractivity (Wildman–Crippen MR) is 70.3 cm³/mol. The average Bonchev–Trinajstić information content (AvgIpc) is 2.72. The monoisotopic (exact) mass is 294 g/mol. The van der Waals surface area contributed by atoms with Gasteiger partial charge in [-0.15, -0.1) is 0 Å². The molecule has 0 aliphatic carbocycles. The van der Waals surface area contributed by atoms with Crippen LogP contribution in [0.2, 0.25) is 0 Å². The molecule has 0 N–H and O–H groups in total. The number of imidazole rings is 1. The Morgan fingerprint density at radius 1 is 1.32 bits per heavy atom. The third-order valence-electron chi connectivity index (χ3n) is 2.37. The van der Waals surface area contributed by atoms with Gasteiger partial charge in [-0.05, 0) is 19.3 Å². The zero-order valence-corrected chi connectivity index (χ0v) is 12.4. The average molecular weight is 294 g/mol. The zero-order valence-electron chi connectivity index (χ0n) is 11.6. The van der Waals surface area contributed by atoms with Gasteiger partial charge in [-0.1, -0.05) is 13.3 Å². The lowest BCUT2D eigenvalue weighted by Crippen LogP contribution is -2.23. The van der Waals surface area contributed by atoms with Gasteiger partial charge in [0.1, 0.15) is 12.4 Å². The molecule has 19 heavy (non-hydrogen) atoms. The molecule has 5 nitrogen and oxygen atoms in total. The molecule has 0 aromatic carbocycles. The summed E-state index contributed by atoms with van der Waals surface area (Å²) in [4.78, 5) is 0. The van der Waals surface area contributed by atoms with E-state index in [0.717, 1.165) is 6.54 Å². The van der Waals surface area contributed by atoms with Crippen molar-refractivity contribution in [1.82, 2.24) is 4.57 Å². The van der Waals surface area contributed by atoms with Crippen molar-refractivity contribution >= 4 is 10.1 Å². The summed E-state index contributed by atoms with van der Waals surface area (Å²) in [6, 6.07) is 0. The van der Waals surface area contributed by atoms with Gasteiger partial charge in [0, 0.05) is 5.75 Å². The fraction of sp³-hybridized carbons (Fsp3) is 0.750. The Labute approximate surface area is 114 Å². The highest BCUT2D eigenvalue weighted by molar-refractivity contribution is 7.85. The molecule has 0 atom stereocenters. The molecule has 0 radical (unpaired) electrons. The first kappa shape index (κ1) is 18.0. The van der Waals surface area contributed by atoms with Gasteiger partial charge in [0.25, 0.3) is 0 Å². The van der Waals surface area contributed by atoms with Crippen molar-refractivity contribution in [1.29, 1.82) is 0 Å². The number of unbranched alkanes of at least 4 members (excludes halogenated alkanes) is 2. The maximum atomic E-state index is 11.3. The first-order valence-electron chi connectivity index (χ1n) is 6.39. The normalized spacial score (nSPS) is 10.9. The van der Waals surface area contributed by atoms with Crippen molar-refractivity contribution in [2.45, 2.75) is 39.2 Å². The van der Waals surface area contributed by atoms with Crippen molar-refractivity contribution < 1.29 is 21.9 Å². The summed E-state index contributed by atoms with van der Waals surface area (Å²) >= 11 is 0. The van der Waals surface area contributed by atoms with Crippen LogP contribution in [0.1, 0.15) is 32.6 Å². The number of alkyl halides is 1. The summed E-state index contributed by atoms with van der Waals surface area (Å²) in [7, 11) is -2.07. The summed E-state index contributed by atoms with van der Waals surface area (Å²) in [5.74, 6) is -0.448. The van der Waals surface area contributed by atoms with Gasteiger partial charge in [0.15, 0.2) is 0 Å². The highest BCUT2D eigenvalue weighted by atomic mass is 32.2. The molecule has 1 aromatic rings. The van der Waals surface area contributed by atoms with Crippen molar-refractivity contribution in [2.24, 2.45) is 7.05 Å². The predicted octanol–water partition coefficient (Wildman–Crippen LogP) is 1.39. The number of hydrogen-bond acceptors (Lipinski definition) is 3. The summed E-state index contributed by atoms with van der Waals surface area (Å²) in [5.41, 5.74) is 0. The van der Waals surface area contributed by atoms with Crippen LogP contribution in [-0.4, -0.2) is 30.0 Å². The van der Waals surface area contributed by atoms with Gasteiger partial charge in [-0.25, -0.2) is 17.6 Å². The van der Waals surface area contributed by atoms with Crippen LogP contribution < -0.4 is 4.57 Å². The minimum Gasteiger partial charge on any atom is -0.748 e. The summed E-state index contributed by atoms with van der Waals surface area (Å²) in [6.07, 6.45) is 9.10. The fourth-order valence-electron chi connectivity index (χ4n) is 1.35. The first-order valence-corrected chi connectivity index (χ1v) is 7.97. The SMILES string of the molecule is CCCCn1cc[n+](C)c1.O=S(=O)([O-])CCCCF. The Bertz CT molecular complexity index is 432. The number of halogens is 1. The highest BCUT2D eigenvalue weighted by Gasteiger charge is 1.96. The summed E-state index contributed by atoms with van der Waals surface area (Å²) in [6.45, 7) is 2.80. The van der Waals surface area contributed by atoms with E-state index in [1.54, 1.807) is 0 Å². The van der Waals surface area contributed by atoms with Crippen LogP contribution in [0.25, 0.3) is 0 Å². The molecule has 1 rings (SSSR count). The van der Waals surface area contributed by atoms with Gasteiger partial charge in [0.05, 0.1) is 30.4 Å². The minimum absolute atomic E-state index is 0.127. The maximum absolute atomic E-state index is 11.3. The van der Waals surface area contributed by atoms with E-state index in [1.807, 2.05) is 7.05 Å². The molecular weight excluding hydrogens is 271 g/mol. The van der Waals surface area contributed by atoms with E-state index in [0.29, 0.717) is 0 Å². The molecule has 0 saturated carbocycles. The van der Waals surface area contributed by atoms with E-state index < -0.39 is 22.5 Å². The molecule has 0 spiro atoms. The topological polar surface area (TPSA) is 66.0 Å². The molecule has 0 fully saturated rings. The second kappa shape index (κ2) is 9.91. The van der Waals surface area contributed by atoms with Crippen LogP contribution in [-0.2, 0) is 23.7 Å². The molecule has 7 heteroatoms. The van der Waals surface area contributed by atoms with Crippen LogP contribution in [0.3, 0.4) is 0 Å². The quantitative estimate of drug-likeness (QED) is 0.434. The molecule has 0 unspecified atom stereocenters. The Morgan fingerprint density at radius 3 is 2.42 bits per heavy atom. The molecule has 0 saturated heterocycles. The van der Waals surface area contributed by atoms with Gasteiger partial charge >= 0.3 is 0 Å². The van der Waals surface area contributed by atoms with Crippen LogP contribution in [0.5, 0.6) is 0 Å². The first-order chi connectivity index (χ1) is 8.89. The largest absolute Gasteiger partial charge is 0.748 e. The summed E-state index contributed by atoms with van der Waals surface area (Å²) < 4.78 is 45.0. The molecule has 1 aromatic heterocycles. The lowest BCUT2D eigenvalue weighted by molar-refractivity contribution is -0.671. The molecule has 0 bridgehead atoms. The number of aromatic nitrogens is 2. The standard InChI is InChI=1S/C8H15N2.C4H9FO3S/c1-3-4-5-10-7-6-9(2)8-10;5-3-1-2-4-9(6,7)8/h6-8H,3-5H2,1-2H3;1-4H2,(H,6,7,8)/q+1;/p-1. The summed E-state index contributed by atoms with van der Waals surface area (Å²) in [5, 5.41) is 0. The highest BCUT2D eigenvalue weighted by Crippen LogP contribution is 1.93. The van der Waals surface area contributed by atoms with E-state index >= 15 is 0 Å². The van der Waals surface area contributed by atoms with Gasteiger partial charge < -0.3 is 4.55 Å². The lowest BCUT2D eigenvalue weighted by atomic mass is 10.3. The number of hydrogen-bond donors (Lipinski definition) is 0. The van der Waals surface area contributed by atoms with Crippen LogP contribution >= 0.6 is 0 Å². The molecule has 1 heterocycles. The van der Waals surface area contributed by atoms with E-state index in [2.05, 4.69) is 34.8 Å². The Hall–Kier alpha value is -0.950. The van der Waals surface area contributed by atoms with Crippen molar-refractivity contribution in [3.05, 3.63) is 18.7 Å². The van der Waals surface area contributed by atoms with Gasteiger partial charge in [-0.3, -0.25) is 4.39 Å².